The van der Waals surface area contributed by atoms with Gasteiger partial charge in [0.15, 0.2) is 0 Å². The van der Waals surface area contributed by atoms with Gasteiger partial charge in [0.2, 0.25) is 5.91 Å². The molecule has 0 aromatic heterocycles. The van der Waals surface area contributed by atoms with Gasteiger partial charge in [-0.15, -0.1) is 0 Å². The van der Waals surface area contributed by atoms with Gasteiger partial charge < -0.3 is 4.90 Å². The highest BCUT2D eigenvalue weighted by molar-refractivity contribution is 6.42. The van der Waals surface area contributed by atoms with Gasteiger partial charge in [-0.2, -0.15) is 0 Å². The predicted octanol–water partition coefficient (Wildman–Crippen LogP) is 5.20. The molecule has 0 heterocycles. The zero-order valence-corrected chi connectivity index (χ0v) is 13.7. The van der Waals surface area contributed by atoms with Crippen LogP contribution in [0.5, 0.6) is 0 Å². The van der Waals surface area contributed by atoms with Gasteiger partial charge in [-0.25, -0.2) is 0 Å². The molecule has 0 unspecified atom stereocenters. The standard InChI is InChI=1S/C16H14Cl3NO/c1-11(21)20(9-12-2-5-14(17)6-3-12)10-13-4-7-15(18)16(19)8-13/h2-8H,9-10H2,1H3. The van der Waals surface area contributed by atoms with Gasteiger partial charge in [0.1, 0.15) is 0 Å². The van der Waals surface area contributed by atoms with Crippen molar-refractivity contribution in [3.05, 3.63) is 68.7 Å². The number of hydrogen-bond donors (Lipinski definition) is 0. The van der Waals surface area contributed by atoms with Crippen molar-refractivity contribution in [3.8, 4) is 0 Å². The third-order valence-electron chi connectivity index (χ3n) is 3.09. The lowest BCUT2D eigenvalue weighted by Crippen LogP contribution is -2.27. The van der Waals surface area contributed by atoms with E-state index in [1.807, 2.05) is 30.3 Å². The maximum absolute atomic E-state index is 11.8. The highest BCUT2D eigenvalue weighted by atomic mass is 35.5. The van der Waals surface area contributed by atoms with E-state index >= 15 is 0 Å². The average Bonchev–Trinajstić information content (AvgIpc) is 2.44. The van der Waals surface area contributed by atoms with Crippen LogP contribution in [0.1, 0.15) is 18.1 Å². The van der Waals surface area contributed by atoms with Crippen LogP contribution in [0.2, 0.25) is 15.1 Å². The fourth-order valence-corrected chi connectivity index (χ4v) is 2.39. The molecule has 0 atom stereocenters. The van der Waals surface area contributed by atoms with E-state index in [1.54, 1.807) is 24.0 Å². The third-order valence-corrected chi connectivity index (χ3v) is 4.08. The first-order valence-electron chi connectivity index (χ1n) is 6.39. The van der Waals surface area contributed by atoms with Crippen molar-refractivity contribution in [1.29, 1.82) is 0 Å². The largest absolute Gasteiger partial charge is 0.334 e. The van der Waals surface area contributed by atoms with E-state index in [0.717, 1.165) is 11.1 Å². The molecule has 0 saturated heterocycles. The molecular formula is C16H14Cl3NO. The summed E-state index contributed by atoms with van der Waals surface area (Å²) in [5, 5.41) is 1.68. The molecule has 5 heteroatoms. The maximum atomic E-state index is 11.8. The molecule has 0 spiro atoms. The summed E-state index contributed by atoms with van der Waals surface area (Å²) in [4.78, 5) is 13.6. The number of benzene rings is 2. The highest BCUT2D eigenvalue weighted by Gasteiger charge is 2.11. The molecule has 110 valence electrons. The SMILES string of the molecule is CC(=O)N(Cc1ccc(Cl)cc1)Cc1ccc(Cl)c(Cl)c1. The Balaban J connectivity index is 2.13. The minimum absolute atomic E-state index is 0.00368. The molecule has 0 N–H and O–H groups in total. The smallest absolute Gasteiger partial charge is 0.220 e. The Morgan fingerprint density at radius 2 is 1.48 bits per heavy atom. The van der Waals surface area contributed by atoms with E-state index in [9.17, 15) is 4.79 Å². The zero-order valence-electron chi connectivity index (χ0n) is 11.4. The van der Waals surface area contributed by atoms with E-state index < -0.39 is 0 Å². The summed E-state index contributed by atoms with van der Waals surface area (Å²) in [5.41, 5.74) is 1.96. The third kappa shape index (κ3) is 4.63. The van der Waals surface area contributed by atoms with Crippen LogP contribution in [0.4, 0.5) is 0 Å². The first-order chi connectivity index (χ1) is 9.95. The van der Waals surface area contributed by atoms with Gasteiger partial charge in [0.05, 0.1) is 10.0 Å². The molecule has 2 rings (SSSR count). The Hall–Kier alpha value is -1.22. The van der Waals surface area contributed by atoms with E-state index in [4.69, 9.17) is 34.8 Å². The minimum atomic E-state index is -0.00368. The Labute approximate surface area is 139 Å². The molecule has 0 aliphatic carbocycles. The van der Waals surface area contributed by atoms with Gasteiger partial charge in [-0.1, -0.05) is 53.0 Å². The average molecular weight is 343 g/mol. The van der Waals surface area contributed by atoms with E-state index in [1.165, 1.54) is 0 Å². The number of halogens is 3. The summed E-state index contributed by atoms with van der Waals surface area (Å²) in [6, 6.07) is 12.8. The lowest BCUT2D eigenvalue weighted by molar-refractivity contribution is -0.130. The van der Waals surface area contributed by atoms with Crippen LogP contribution in [0.25, 0.3) is 0 Å². The Morgan fingerprint density at radius 3 is 2.05 bits per heavy atom. The van der Waals surface area contributed by atoms with Crippen molar-refractivity contribution >= 4 is 40.7 Å². The van der Waals surface area contributed by atoms with Crippen molar-refractivity contribution in [2.24, 2.45) is 0 Å². The number of hydrogen-bond acceptors (Lipinski definition) is 1. The molecule has 21 heavy (non-hydrogen) atoms. The van der Waals surface area contributed by atoms with Gasteiger partial charge in [0, 0.05) is 25.0 Å². The molecule has 2 aromatic carbocycles. The Kier molecular flexibility index (Phi) is 5.51. The zero-order chi connectivity index (χ0) is 15.4. The molecule has 0 aliphatic heterocycles. The van der Waals surface area contributed by atoms with E-state index in [2.05, 4.69) is 0 Å². The van der Waals surface area contributed by atoms with Crippen molar-refractivity contribution in [2.45, 2.75) is 20.0 Å². The van der Waals surface area contributed by atoms with E-state index in [0.29, 0.717) is 28.2 Å². The fraction of sp³-hybridized carbons (Fsp3) is 0.188. The van der Waals surface area contributed by atoms with Crippen molar-refractivity contribution in [2.75, 3.05) is 0 Å². The molecule has 0 bridgehead atoms. The Bertz CT molecular complexity index is 640. The molecule has 0 radical (unpaired) electrons. The topological polar surface area (TPSA) is 20.3 Å². The number of rotatable bonds is 4. The molecular weight excluding hydrogens is 329 g/mol. The second kappa shape index (κ2) is 7.17. The summed E-state index contributed by atoms with van der Waals surface area (Å²) in [7, 11) is 0. The summed E-state index contributed by atoms with van der Waals surface area (Å²) in [6.07, 6.45) is 0. The number of nitrogens with zero attached hydrogens (tertiary/aromatic N) is 1. The fourth-order valence-electron chi connectivity index (χ4n) is 1.95. The summed E-state index contributed by atoms with van der Waals surface area (Å²) in [5.74, 6) is -0.00368. The van der Waals surface area contributed by atoms with Gasteiger partial charge >= 0.3 is 0 Å². The van der Waals surface area contributed by atoms with E-state index in [-0.39, 0.29) is 5.91 Å². The molecule has 0 aliphatic rings. The number of carbonyl (C=O) groups excluding carboxylic acids is 1. The highest BCUT2D eigenvalue weighted by Crippen LogP contribution is 2.23. The molecule has 0 fully saturated rings. The van der Waals surface area contributed by atoms with Crippen molar-refractivity contribution in [3.63, 3.8) is 0 Å². The van der Waals surface area contributed by atoms with Crippen LogP contribution in [0.15, 0.2) is 42.5 Å². The van der Waals surface area contributed by atoms with Crippen LogP contribution in [-0.2, 0) is 17.9 Å². The van der Waals surface area contributed by atoms with Crippen molar-refractivity contribution < 1.29 is 4.79 Å². The molecule has 2 nitrogen and oxygen atoms in total. The molecule has 2 aromatic rings. The van der Waals surface area contributed by atoms with Gasteiger partial charge in [-0.3, -0.25) is 4.79 Å². The van der Waals surface area contributed by atoms with Gasteiger partial charge in [0.25, 0.3) is 0 Å². The van der Waals surface area contributed by atoms with Crippen LogP contribution >= 0.6 is 34.8 Å². The lowest BCUT2D eigenvalue weighted by Gasteiger charge is -2.21. The second-order valence-electron chi connectivity index (χ2n) is 4.75. The normalized spacial score (nSPS) is 10.5. The Morgan fingerprint density at radius 1 is 0.905 bits per heavy atom. The molecule has 0 saturated carbocycles. The summed E-state index contributed by atoms with van der Waals surface area (Å²) < 4.78 is 0. The van der Waals surface area contributed by atoms with Crippen LogP contribution < -0.4 is 0 Å². The lowest BCUT2D eigenvalue weighted by atomic mass is 10.1. The number of amides is 1. The van der Waals surface area contributed by atoms with Crippen LogP contribution in [-0.4, -0.2) is 10.8 Å². The monoisotopic (exact) mass is 341 g/mol. The summed E-state index contributed by atoms with van der Waals surface area (Å²) >= 11 is 17.8. The van der Waals surface area contributed by atoms with Crippen molar-refractivity contribution in [1.82, 2.24) is 4.90 Å². The summed E-state index contributed by atoms with van der Waals surface area (Å²) in [6.45, 7) is 2.55. The van der Waals surface area contributed by atoms with Crippen LogP contribution in [0.3, 0.4) is 0 Å². The quantitative estimate of drug-likeness (QED) is 0.748. The predicted molar refractivity (Wildman–Crippen MR) is 87.8 cm³/mol. The number of carbonyl (C=O) groups is 1. The first kappa shape index (κ1) is 16.2. The van der Waals surface area contributed by atoms with Crippen LogP contribution in [0, 0.1) is 0 Å². The van der Waals surface area contributed by atoms with Gasteiger partial charge in [-0.05, 0) is 35.4 Å². The molecule has 1 amide bonds. The first-order valence-corrected chi connectivity index (χ1v) is 7.53. The second-order valence-corrected chi connectivity index (χ2v) is 6.00. The maximum Gasteiger partial charge on any atom is 0.220 e. The minimum Gasteiger partial charge on any atom is -0.334 e.